The number of benzene rings is 2. The number of ether oxygens (including phenoxy) is 1. The van der Waals surface area contributed by atoms with Crippen molar-refractivity contribution < 1.29 is 4.74 Å². The number of nitrogens with one attached hydrogen (secondary N) is 1. The highest BCUT2D eigenvalue weighted by atomic mass is 79.9. The summed E-state index contributed by atoms with van der Waals surface area (Å²) in [4.78, 5) is 0. The molecule has 0 bridgehead atoms. The summed E-state index contributed by atoms with van der Waals surface area (Å²) in [6.45, 7) is 4.81. The second-order valence-corrected chi connectivity index (χ2v) is 5.93. The third-order valence-corrected chi connectivity index (χ3v) is 4.59. The smallest absolute Gasteiger partial charge is 0.150 e. The Kier molecular flexibility index (Phi) is 5.08. The minimum atomic E-state index is 0.621. The van der Waals surface area contributed by atoms with E-state index in [4.69, 9.17) is 16.3 Å². The van der Waals surface area contributed by atoms with E-state index in [0.717, 1.165) is 26.9 Å². The highest BCUT2D eigenvalue weighted by Gasteiger charge is 2.11. The quantitative estimate of drug-likeness (QED) is 0.811. The number of para-hydroxylation sites is 1. The Morgan fingerprint density at radius 1 is 1.20 bits per heavy atom. The van der Waals surface area contributed by atoms with Gasteiger partial charge in [-0.25, -0.2) is 0 Å². The molecule has 0 aliphatic rings. The van der Waals surface area contributed by atoms with Gasteiger partial charge in [-0.1, -0.05) is 39.7 Å². The molecule has 2 aromatic carbocycles. The molecule has 0 amide bonds. The van der Waals surface area contributed by atoms with Gasteiger partial charge in [-0.05, 0) is 50.2 Å². The van der Waals surface area contributed by atoms with Crippen molar-refractivity contribution in [1.29, 1.82) is 0 Å². The van der Waals surface area contributed by atoms with E-state index in [0.29, 0.717) is 17.3 Å². The van der Waals surface area contributed by atoms with Crippen molar-refractivity contribution >= 4 is 27.5 Å². The summed E-state index contributed by atoms with van der Waals surface area (Å²) in [5.74, 6) is 1.51. The van der Waals surface area contributed by atoms with Crippen molar-refractivity contribution in [3.05, 3.63) is 56.5 Å². The normalized spacial score (nSPS) is 10.7. The van der Waals surface area contributed by atoms with Crippen LogP contribution in [0.4, 0.5) is 0 Å². The Hall–Kier alpha value is -1.03. The Bertz CT molecular complexity index is 605. The molecule has 0 aromatic heterocycles. The van der Waals surface area contributed by atoms with Gasteiger partial charge in [0.2, 0.25) is 0 Å². The maximum Gasteiger partial charge on any atom is 0.150 e. The lowest BCUT2D eigenvalue weighted by Crippen LogP contribution is -2.06. The molecule has 0 heterocycles. The Morgan fingerprint density at radius 2 is 1.85 bits per heavy atom. The van der Waals surface area contributed by atoms with Gasteiger partial charge < -0.3 is 10.1 Å². The van der Waals surface area contributed by atoms with Crippen LogP contribution in [0.5, 0.6) is 11.5 Å². The number of hydrogen-bond donors (Lipinski definition) is 1. The van der Waals surface area contributed by atoms with Gasteiger partial charge in [0.15, 0.2) is 0 Å². The van der Waals surface area contributed by atoms with Crippen molar-refractivity contribution in [2.24, 2.45) is 0 Å². The molecular formula is C16H17BrClNO. The first-order valence-corrected chi connectivity index (χ1v) is 7.56. The van der Waals surface area contributed by atoms with Crippen LogP contribution in [0.2, 0.25) is 5.02 Å². The van der Waals surface area contributed by atoms with Crippen molar-refractivity contribution in [1.82, 2.24) is 5.32 Å². The van der Waals surface area contributed by atoms with Crippen LogP contribution in [0.3, 0.4) is 0 Å². The molecule has 0 unspecified atom stereocenters. The van der Waals surface area contributed by atoms with Gasteiger partial charge in [0.05, 0.1) is 5.02 Å². The summed E-state index contributed by atoms with van der Waals surface area (Å²) in [5.41, 5.74) is 3.32. The summed E-state index contributed by atoms with van der Waals surface area (Å²) in [7, 11) is 1.90. The minimum Gasteiger partial charge on any atom is -0.455 e. The van der Waals surface area contributed by atoms with Crippen LogP contribution in [-0.2, 0) is 6.54 Å². The average molecular weight is 355 g/mol. The van der Waals surface area contributed by atoms with E-state index < -0.39 is 0 Å². The Balaban J connectivity index is 2.39. The van der Waals surface area contributed by atoms with Gasteiger partial charge in [0.1, 0.15) is 11.5 Å². The van der Waals surface area contributed by atoms with E-state index in [1.54, 1.807) is 0 Å². The first kappa shape index (κ1) is 15.4. The molecule has 20 heavy (non-hydrogen) atoms. The average Bonchev–Trinajstić information content (AvgIpc) is 2.40. The van der Waals surface area contributed by atoms with Crippen LogP contribution in [0.25, 0.3) is 0 Å². The summed E-state index contributed by atoms with van der Waals surface area (Å²) >= 11 is 9.82. The van der Waals surface area contributed by atoms with Gasteiger partial charge in [0.25, 0.3) is 0 Å². The lowest BCUT2D eigenvalue weighted by Gasteiger charge is -2.14. The topological polar surface area (TPSA) is 21.3 Å². The van der Waals surface area contributed by atoms with Crippen LogP contribution < -0.4 is 10.1 Å². The lowest BCUT2D eigenvalue weighted by molar-refractivity contribution is 0.473. The van der Waals surface area contributed by atoms with Gasteiger partial charge in [-0.15, -0.1) is 0 Å². The molecule has 0 saturated heterocycles. The third kappa shape index (κ3) is 3.35. The van der Waals surface area contributed by atoms with Gasteiger partial charge in [-0.3, -0.25) is 0 Å². The fraction of sp³-hybridized carbons (Fsp3) is 0.250. The number of halogens is 2. The van der Waals surface area contributed by atoms with Crippen LogP contribution in [-0.4, -0.2) is 7.05 Å². The van der Waals surface area contributed by atoms with E-state index in [2.05, 4.69) is 21.2 Å². The maximum absolute atomic E-state index is 6.26. The fourth-order valence-corrected chi connectivity index (χ4v) is 2.54. The predicted molar refractivity (Wildman–Crippen MR) is 87.9 cm³/mol. The first-order valence-electron chi connectivity index (χ1n) is 6.39. The molecule has 0 saturated carbocycles. The van der Waals surface area contributed by atoms with Crippen molar-refractivity contribution in [3.63, 3.8) is 0 Å². The summed E-state index contributed by atoms with van der Waals surface area (Å²) < 4.78 is 7.13. The second-order valence-electron chi connectivity index (χ2n) is 4.73. The van der Waals surface area contributed by atoms with Gasteiger partial charge >= 0.3 is 0 Å². The van der Waals surface area contributed by atoms with Crippen molar-refractivity contribution in [2.75, 3.05) is 7.05 Å². The molecule has 0 atom stereocenters. The summed E-state index contributed by atoms with van der Waals surface area (Å²) in [6.07, 6.45) is 0. The molecule has 2 nitrogen and oxygen atoms in total. The number of rotatable bonds is 4. The molecule has 0 aliphatic heterocycles. The second kappa shape index (κ2) is 6.61. The largest absolute Gasteiger partial charge is 0.455 e. The highest BCUT2D eigenvalue weighted by molar-refractivity contribution is 9.10. The van der Waals surface area contributed by atoms with E-state index >= 15 is 0 Å². The van der Waals surface area contributed by atoms with Crippen molar-refractivity contribution in [2.45, 2.75) is 20.4 Å². The summed E-state index contributed by atoms with van der Waals surface area (Å²) in [6, 6.07) is 9.79. The van der Waals surface area contributed by atoms with Crippen molar-refractivity contribution in [3.8, 4) is 11.5 Å². The Labute approximate surface area is 133 Å². The molecular weight excluding hydrogens is 338 g/mol. The number of aryl methyl sites for hydroxylation is 2. The van der Waals surface area contributed by atoms with Crippen LogP contribution in [0, 0.1) is 13.8 Å². The fourth-order valence-electron chi connectivity index (χ4n) is 2.08. The van der Waals surface area contributed by atoms with Gasteiger partial charge in [0, 0.05) is 16.6 Å². The molecule has 4 heteroatoms. The zero-order valence-corrected chi connectivity index (χ0v) is 14.1. The first-order chi connectivity index (χ1) is 9.52. The van der Waals surface area contributed by atoms with Crippen LogP contribution in [0.15, 0.2) is 34.8 Å². The minimum absolute atomic E-state index is 0.621. The van der Waals surface area contributed by atoms with Gasteiger partial charge in [-0.2, -0.15) is 0 Å². The standard InChI is InChI=1S/C16H17BrClNO/c1-10-7-13(8-11(2)15(10)17)20-16-12(9-19-3)5-4-6-14(16)18/h4-8,19H,9H2,1-3H3. The van der Waals surface area contributed by atoms with E-state index in [1.165, 1.54) is 0 Å². The zero-order chi connectivity index (χ0) is 14.7. The highest BCUT2D eigenvalue weighted by Crippen LogP contribution is 2.35. The summed E-state index contributed by atoms with van der Waals surface area (Å²) in [5, 5.41) is 3.74. The third-order valence-electron chi connectivity index (χ3n) is 3.05. The van der Waals surface area contributed by atoms with E-state index in [-0.39, 0.29) is 0 Å². The maximum atomic E-state index is 6.26. The van der Waals surface area contributed by atoms with Crippen LogP contribution in [0.1, 0.15) is 16.7 Å². The molecule has 0 spiro atoms. The lowest BCUT2D eigenvalue weighted by atomic mass is 10.1. The van der Waals surface area contributed by atoms with Crippen LogP contribution >= 0.6 is 27.5 Å². The molecule has 1 N–H and O–H groups in total. The molecule has 2 aromatic rings. The van der Waals surface area contributed by atoms with E-state index in [1.807, 2.05) is 51.2 Å². The zero-order valence-electron chi connectivity index (χ0n) is 11.8. The SMILES string of the molecule is CNCc1cccc(Cl)c1Oc1cc(C)c(Br)c(C)c1. The molecule has 0 fully saturated rings. The molecule has 2 rings (SSSR count). The predicted octanol–water partition coefficient (Wildman–Crippen LogP) is 5.23. The van der Waals surface area contributed by atoms with E-state index in [9.17, 15) is 0 Å². The molecule has 0 radical (unpaired) electrons. The monoisotopic (exact) mass is 353 g/mol. The molecule has 106 valence electrons. The molecule has 0 aliphatic carbocycles. The Morgan fingerprint density at radius 3 is 2.45 bits per heavy atom. The number of hydrogen-bond acceptors (Lipinski definition) is 2.